The van der Waals surface area contributed by atoms with E-state index in [0.717, 1.165) is 12.8 Å². The van der Waals surface area contributed by atoms with E-state index >= 15 is 0 Å². The van der Waals surface area contributed by atoms with Gasteiger partial charge in [-0.25, -0.2) is 4.79 Å². The van der Waals surface area contributed by atoms with Crippen LogP contribution in [0.25, 0.3) is 0 Å². The number of carboxylic acid groups (broad SMARTS) is 1. The molecule has 0 aromatic carbocycles. The molecular weight excluding hydrogens is 244 g/mol. The van der Waals surface area contributed by atoms with E-state index in [1.807, 2.05) is 11.8 Å². The molecule has 1 aliphatic rings. The summed E-state index contributed by atoms with van der Waals surface area (Å²) in [6.45, 7) is 2.77. The van der Waals surface area contributed by atoms with E-state index in [-0.39, 0.29) is 18.1 Å². The van der Waals surface area contributed by atoms with Crippen molar-refractivity contribution in [1.82, 2.24) is 9.47 Å². The minimum atomic E-state index is -0.998. The van der Waals surface area contributed by atoms with Crippen LogP contribution in [0.5, 0.6) is 0 Å². The van der Waals surface area contributed by atoms with Gasteiger partial charge in [0.1, 0.15) is 12.2 Å². The fourth-order valence-corrected chi connectivity index (χ4v) is 2.84. The first-order chi connectivity index (χ1) is 9.13. The van der Waals surface area contributed by atoms with Crippen molar-refractivity contribution in [2.24, 2.45) is 0 Å². The van der Waals surface area contributed by atoms with Gasteiger partial charge >= 0.3 is 5.97 Å². The molecule has 1 amide bonds. The van der Waals surface area contributed by atoms with Crippen LogP contribution in [0.3, 0.4) is 0 Å². The van der Waals surface area contributed by atoms with Crippen molar-refractivity contribution in [3.05, 3.63) is 24.0 Å². The minimum absolute atomic E-state index is 0.00750. The molecule has 1 aromatic heterocycles. The standard InChI is InChI=1S/C14H20N2O3/c1-2-16(11-6-3-4-7-11)13(17)10-15-9-5-8-12(15)14(18)19/h5,8-9,11H,2-4,6-7,10H2,1H3,(H,18,19). The molecule has 0 spiro atoms. The van der Waals surface area contributed by atoms with Gasteiger partial charge in [-0.15, -0.1) is 0 Å². The molecule has 1 heterocycles. The van der Waals surface area contributed by atoms with E-state index in [9.17, 15) is 9.59 Å². The molecule has 1 saturated carbocycles. The SMILES string of the molecule is CCN(C(=O)Cn1cccc1C(=O)O)C1CCCC1. The zero-order valence-electron chi connectivity index (χ0n) is 11.2. The molecular formula is C14H20N2O3. The Morgan fingerprint density at radius 2 is 2.11 bits per heavy atom. The van der Waals surface area contributed by atoms with Crippen LogP contribution in [-0.2, 0) is 11.3 Å². The van der Waals surface area contributed by atoms with Crippen molar-refractivity contribution in [2.75, 3.05) is 6.54 Å². The molecule has 1 N–H and O–H groups in total. The number of carbonyl (C=O) groups is 2. The summed E-state index contributed by atoms with van der Waals surface area (Å²) in [7, 11) is 0. The second-order valence-corrected chi connectivity index (χ2v) is 4.94. The normalized spacial score (nSPS) is 15.6. The Labute approximate surface area is 112 Å². The highest BCUT2D eigenvalue weighted by Crippen LogP contribution is 2.23. The number of nitrogens with zero attached hydrogens (tertiary/aromatic N) is 2. The fraction of sp³-hybridized carbons (Fsp3) is 0.571. The topological polar surface area (TPSA) is 62.5 Å². The lowest BCUT2D eigenvalue weighted by molar-refractivity contribution is -0.133. The van der Waals surface area contributed by atoms with E-state index in [0.29, 0.717) is 12.6 Å². The van der Waals surface area contributed by atoms with Gasteiger partial charge in [0, 0.05) is 18.8 Å². The fourth-order valence-electron chi connectivity index (χ4n) is 2.84. The number of hydrogen-bond donors (Lipinski definition) is 1. The Balaban J connectivity index is 2.06. The summed E-state index contributed by atoms with van der Waals surface area (Å²) in [5.41, 5.74) is 0.163. The average molecular weight is 264 g/mol. The Bertz CT molecular complexity index is 461. The first kappa shape index (κ1) is 13.6. The molecule has 0 unspecified atom stereocenters. The van der Waals surface area contributed by atoms with Gasteiger partial charge in [-0.3, -0.25) is 4.79 Å². The van der Waals surface area contributed by atoms with Gasteiger partial charge in [-0.05, 0) is 31.9 Å². The molecule has 0 radical (unpaired) electrons. The van der Waals surface area contributed by atoms with Crippen molar-refractivity contribution in [3.8, 4) is 0 Å². The van der Waals surface area contributed by atoms with Crippen molar-refractivity contribution < 1.29 is 14.7 Å². The number of carboxylic acids is 1. The molecule has 5 heteroatoms. The lowest BCUT2D eigenvalue weighted by Gasteiger charge is -2.28. The zero-order chi connectivity index (χ0) is 13.8. The third-order valence-corrected chi connectivity index (χ3v) is 3.78. The third kappa shape index (κ3) is 2.97. The number of hydrogen-bond acceptors (Lipinski definition) is 2. The number of rotatable bonds is 5. The van der Waals surface area contributed by atoms with Gasteiger partial charge in [-0.1, -0.05) is 12.8 Å². The number of likely N-dealkylation sites (N-methyl/N-ethyl adjacent to an activating group) is 1. The Morgan fingerprint density at radius 1 is 1.42 bits per heavy atom. The van der Waals surface area contributed by atoms with Gasteiger partial charge in [0.05, 0.1) is 0 Å². The van der Waals surface area contributed by atoms with E-state index in [2.05, 4.69) is 0 Å². The summed E-state index contributed by atoms with van der Waals surface area (Å²) in [5.74, 6) is -0.991. The summed E-state index contributed by atoms with van der Waals surface area (Å²) >= 11 is 0. The lowest BCUT2D eigenvalue weighted by atomic mass is 10.2. The Kier molecular flexibility index (Phi) is 4.24. The zero-order valence-corrected chi connectivity index (χ0v) is 11.2. The summed E-state index contributed by atoms with van der Waals surface area (Å²) in [6.07, 6.45) is 6.13. The van der Waals surface area contributed by atoms with Crippen LogP contribution >= 0.6 is 0 Å². The maximum Gasteiger partial charge on any atom is 0.352 e. The number of carbonyl (C=O) groups excluding carboxylic acids is 1. The summed E-state index contributed by atoms with van der Waals surface area (Å²) in [4.78, 5) is 25.2. The predicted molar refractivity (Wildman–Crippen MR) is 71.0 cm³/mol. The van der Waals surface area contributed by atoms with Crippen LogP contribution in [0.15, 0.2) is 18.3 Å². The lowest BCUT2D eigenvalue weighted by Crippen LogP contribution is -2.40. The molecule has 1 aromatic rings. The van der Waals surface area contributed by atoms with Crippen LogP contribution in [0, 0.1) is 0 Å². The van der Waals surface area contributed by atoms with E-state index in [1.54, 1.807) is 12.3 Å². The number of aromatic carboxylic acids is 1. The third-order valence-electron chi connectivity index (χ3n) is 3.78. The van der Waals surface area contributed by atoms with Crippen molar-refractivity contribution in [1.29, 1.82) is 0 Å². The molecule has 1 aliphatic carbocycles. The van der Waals surface area contributed by atoms with Gasteiger partial charge in [0.15, 0.2) is 0 Å². The van der Waals surface area contributed by atoms with Crippen molar-refractivity contribution in [3.63, 3.8) is 0 Å². The quantitative estimate of drug-likeness (QED) is 0.884. The molecule has 0 bridgehead atoms. The van der Waals surface area contributed by atoms with Crippen LogP contribution in [0.1, 0.15) is 43.1 Å². The highest BCUT2D eigenvalue weighted by molar-refractivity contribution is 5.87. The van der Waals surface area contributed by atoms with Gasteiger partial charge < -0.3 is 14.6 Å². The minimum Gasteiger partial charge on any atom is -0.477 e. The summed E-state index contributed by atoms with van der Waals surface area (Å²) in [5, 5.41) is 9.03. The Morgan fingerprint density at radius 3 is 2.68 bits per heavy atom. The van der Waals surface area contributed by atoms with Gasteiger partial charge in [-0.2, -0.15) is 0 Å². The molecule has 0 aliphatic heterocycles. The first-order valence-electron chi connectivity index (χ1n) is 6.81. The second-order valence-electron chi connectivity index (χ2n) is 4.94. The maximum absolute atomic E-state index is 12.3. The molecule has 5 nitrogen and oxygen atoms in total. The van der Waals surface area contributed by atoms with Gasteiger partial charge in [0.25, 0.3) is 0 Å². The van der Waals surface area contributed by atoms with E-state index < -0.39 is 5.97 Å². The van der Waals surface area contributed by atoms with Crippen molar-refractivity contribution >= 4 is 11.9 Å². The van der Waals surface area contributed by atoms with Crippen LogP contribution in [0.2, 0.25) is 0 Å². The molecule has 1 fully saturated rings. The second kappa shape index (κ2) is 5.91. The van der Waals surface area contributed by atoms with Gasteiger partial charge in [0.2, 0.25) is 5.91 Å². The predicted octanol–water partition coefficient (Wildman–Crippen LogP) is 1.98. The molecule has 104 valence electrons. The maximum atomic E-state index is 12.3. The number of aromatic nitrogens is 1. The summed E-state index contributed by atoms with van der Waals surface area (Å²) in [6, 6.07) is 3.51. The first-order valence-corrected chi connectivity index (χ1v) is 6.81. The monoisotopic (exact) mass is 264 g/mol. The van der Waals surface area contributed by atoms with Crippen molar-refractivity contribution in [2.45, 2.75) is 45.2 Å². The van der Waals surface area contributed by atoms with E-state index in [1.165, 1.54) is 23.5 Å². The highest BCUT2D eigenvalue weighted by Gasteiger charge is 2.25. The smallest absolute Gasteiger partial charge is 0.352 e. The largest absolute Gasteiger partial charge is 0.477 e. The average Bonchev–Trinajstić information content (AvgIpc) is 3.00. The van der Waals surface area contributed by atoms with Crippen LogP contribution in [0.4, 0.5) is 0 Å². The highest BCUT2D eigenvalue weighted by atomic mass is 16.4. The summed E-state index contributed by atoms with van der Waals surface area (Å²) < 4.78 is 1.50. The van der Waals surface area contributed by atoms with E-state index in [4.69, 9.17) is 5.11 Å². The molecule has 19 heavy (non-hydrogen) atoms. The van der Waals surface area contributed by atoms with Crippen LogP contribution < -0.4 is 0 Å². The molecule has 0 atom stereocenters. The number of amides is 1. The molecule has 2 rings (SSSR count). The Hall–Kier alpha value is -1.78. The molecule has 0 saturated heterocycles. The van der Waals surface area contributed by atoms with Crippen LogP contribution in [-0.4, -0.2) is 39.0 Å².